The number of hydrogen-bond acceptors (Lipinski definition) is 3. The quantitative estimate of drug-likeness (QED) is 0.940. The Bertz CT molecular complexity index is 656. The molecule has 0 aliphatic rings. The van der Waals surface area contributed by atoms with Gasteiger partial charge in [0.05, 0.1) is 11.3 Å². The van der Waals surface area contributed by atoms with Crippen LogP contribution in [0, 0.1) is 12.7 Å². The van der Waals surface area contributed by atoms with Gasteiger partial charge in [0.1, 0.15) is 11.6 Å². The zero-order chi connectivity index (χ0) is 15.4. The molecular weight excluding hydrogens is 269 g/mol. The van der Waals surface area contributed by atoms with E-state index < -0.39 is 0 Å². The monoisotopic (exact) mass is 287 g/mol. The van der Waals surface area contributed by atoms with Crippen LogP contribution in [0.4, 0.5) is 4.39 Å². The van der Waals surface area contributed by atoms with Gasteiger partial charge in [0.15, 0.2) is 0 Å². The molecule has 0 aliphatic heterocycles. The minimum Gasteiger partial charge on any atom is -0.348 e. The summed E-state index contributed by atoms with van der Waals surface area (Å²) >= 11 is 0. The highest BCUT2D eigenvalue weighted by Crippen LogP contribution is 2.12. The van der Waals surface area contributed by atoms with Gasteiger partial charge in [-0.3, -0.25) is 4.79 Å². The van der Waals surface area contributed by atoms with Crippen molar-refractivity contribution >= 4 is 5.91 Å². The molecule has 1 aromatic carbocycles. The zero-order valence-corrected chi connectivity index (χ0v) is 12.4. The van der Waals surface area contributed by atoms with E-state index in [9.17, 15) is 9.18 Å². The molecule has 0 saturated heterocycles. The van der Waals surface area contributed by atoms with E-state index >= 15 is 0 Å². The van der Waals surface area contributed by atoms with Crippen LogP contribution in [0.15, 0.2) is 30.5 Å². The summed E-state index contributed by atoms with van der Waals surface area (Å²) in [5, 5.41) is 2.69. The number of halogens is 1. The number of benzene rings is 1. The van der Waals surface area contributed by atoms with E-state index in [1.807, 2.05) is 13.8 Å². The smallest absolute Gasteiger partial charge is 0.254 e. The van der Waals surface area contributed by atoms with E-state index in [0.717, 1.165) is 0 Å². The fourth-order valence-corrected chi connectivity index (χ4v) is 1.90. The van der Waals surface area contributed by atoms with Crippen molar-refractivity contribution < 1.29 is 9.18 Å². The Labute approximate surface area is 123 Å². The molecule has 5 heteroatoms. The van der Waals surface area contributed by atoms with Crippen molar-refractivity contribution in [3.05, 3.63) is 58.9 Å². The standard InChI is InChI=1S/C16H18FN3O/c1-10(2)15-18-9-13(11(3)20-15)16(21)19-8-12-6-4-5-7-14(12)17/h4-7,9-10H,8H2,1-3H3,(H,19,21). The molecule has 2 aromatic rings. The number of nitrogens with one attached hydrogen (secondary N) is 1. The lowest BCUT2D eigenvalue weighted by atomic mass is 10.1. The number of aromatic nitrogens is 2. The normalized spacial score (nSPS) is 10.7. The molecule has 0 fully saturated rings. The fourth-order valence-electron chi connectivity index (χ4n) is 1.90. The largest absolute Gasteiger partial charge is 0.348 e. The summed E-state index contributed by atoms with van der Waals surface area (Å²) < 4.78 is 13.5. The van der Waals surface area contributed by atoms with Gasteiger partial charge < -0.3 is 5.32 Å². The molecule has 110 valence electrons. The Morgan fingerprint density at radius 2 is 2.05 bits per heavy atom. The Kier molecular flexibility index (Phi) is 4.62. The Hall–Kier alpha value is -2.30. The predicted octanol–water partition coefficient (Wildman–Crippen LogP) is 2.98. The summed E-state index contributed by atoms with van der Waals surface area (Å²) in [5.41, 5.74) is 1.48. The van der Waals surface area contributed by atoms with Gasteiger partial charge in [-0.05, 0) is 13.0 Å². The summed E-state index contributed by atoms with van der Waals surface area (Å²) in [6, 6.07) is 6.35. The third-order valence-corrected chi connectivity index (χ3v) is 3.16. The van der Waals surface area contributed by atoms with Crippen molar-refractivity contribution in [3.63, 3.8) is 0 Å². The summed E-state index contributed by atoms with van der Waals surface area (Å²) in [4.78, 5) is 20.6. The summed E-state index contributed by atoms with van der Waals surface area (Å²) in [7, 11) is 0. The molecule has 21 heavy (non-hydrogen) atoms. The molecule has 4 nitrogen and oxygen atoms in total. The lowest BCUT2D eigenvalue weighted by molar-refractivity contribution is 0.0949. The van der Waals surface area contributed by atoms with Gasteiger partial charge in [-0.25, -0.2) is 14.4 Å². The topological polar surface area (TPSA) is 54.9 Å². The average Bonchev–Trinajstić information content (AvgIpc) is 2.46. The molecule has 0 bridgehead atoms. The third-order valence-electron chi connectivity index (χ3n) is 3.16. The van der Waals surface area contributed by atoms with Crippen molar-refractivity contribution in [3.8, 4) is 0 Å². The van der Waals surface area contributed by atoms with Crippen LogP contribution in [-0.4, -0.2) is 15.9 Å². The van der Waals surface area contributed by atoms with Crippen LogP contribution >= 0.6 is 0 Å². The van der Waals surface area contributed by atoms with Crippen LogP contribution in [0.25, 0.3) is 0 Å². The highest BCUT2D eigenvalue weighted by molar-refractivity contribution is 5.94. The average molecular weight is 287 g/mol. The predicted molar refractivity (Wildman–Crippen MR) is 78.4 cm³/mol. The molecule has 0 spiro atoms. The molecule has 0 radical (unpaired) electrons. The lowest BCUT2D eigenvalue weighted by Gasteiger charge is -2.10. The maximum Gasteiger partial charge on any atom is 0.254 e. The van der Waals surface area contributed by atoms with Gasteiger partial charge in [0, 0.05) is 24.2 Å². The number of rotatable bonds is 4. The van der Waals surface area contributed by atoms with Gasteiger partial charge in [-0.15, -0.1) is 0 Å². The molecule has 0 atom stereocenters. The van der Waals surface area contributed by atoms with Crippen molar-refractivity contribution in [1.82, 2.24) is 15.3 Å². The molecule has 1 amide bonds. The first-order chi connectivity index (χ1) is 9.99. The van der Waals surface area contributed by atoms with Crippen LogP contribution in [0.3, 0.4) is 0 Å². The maximum atomic E-state index is 13.5. The van der Waals surface area contributed by atoms with Gasteiger partial charge in [0.25, 0.3) is 5.91 Å². The summed E-state index contributed by atoms with van der Waals surface area (Å²) in [6.07, 6.45) is 1.52. The van der Waals surface area contributed by atoms with E-state index in [1.54, 1.807) is 25.1 Å². The van der Waals surface area contributed by atoms with E-state index in [1.165, 1.54) is 12.3 Å². The molecule has 1 N–H and O–H groups in total. The van der Waals surface area contributed by atoms with Crippen molar-refractivity contribution in [1.29, 1.82) is 0 Å². The Morgan fingerprint density at radius 3 is 2.67 bits per heavy atom. The minimum absolute atomic E-state index is 0.136. The summed E-state index contributed by atoms with van der Waals surface area (Å²) in [5.74, 6) is 0.282. The number of carbonyl (C=O) groups excluding carboxylic acids is 1. The van der Waals surface area contributed by atoms with Gasteiger partial charge in [0.2, 0.25) is 0 Å². The van der Waals surface area contributed by atoms with Crippen molar-refractivity contribution in [2.45, 2.75) is 33.2 Å². The Balaban J connectivity index is 2.09. The molecule has 1 aromatic heterocycles. The summed E-state index contributed by atoms with van der Waals surface area (Å²) in [6.45, 7) is 5.89. The van der Waals surface area contributed by atoms with E-state index in [0.29, 0.717) is 22.6 Å². The highest BCUT2D eigenvalue weighted by Gasteiger charge is 2.13. The van der Waals surface area contributed by atoms with Gasteiger partial charge >= 0.3 is 0 Å². The first kappa shape index (κ1) is 15.1. The second kappa shape index (κ2) is 6.43. The molecule has 0 unspecified atom stereocenters. The Morgan fingerprint density at radius 1 is 1.33 bits per heavy atom. The molecule has 1 heterocycles. The maximum absolute atomic E-state index is 13.5. The van der Waals surface area contributed by atoms with Crippen molar-refractivity contribution in [2.75, 3.05) is 0 Å². The first-order valence-electron chi connectivity index (χ1n) is 6.84. The second-order valence-electron chi connectivity index (χ2n) is 5.16. The highest BCUT2D eigenvalue weighted by atomic mass is 19.1. The van der Waals surface area contributed by atoms with E-state index in [-0.39, 0.29) is 24.2 Å². The van der Waals surface area contributed by atoms with E-state index in [4.69, 9.17) is 0 Å². The SMILES string of the molecule is Cc1nc(C(C)C)ncc1C(=O)NCc1ccccc1F. The van der Waals surface area contributed by atoms with Crippen LogP contribution < -0.4 is 5.32 Å². The van der Waals surface area contributed by atoms with Crippen LogP contribution in [0.2, 0.25) is 0 Å². The molecule has 0 aliphatic carbocycles. The zero-order valence-electron chi connectivity index (χ0n) is 12.4. The first-order valence-corrected chi connectivity index (χ1v) is 6.84. The number of nitrogens with zero attached hydrogens (tertiary/aromatic N) is 2. The van der Waals surface area contributed by atoms with Crippen molar-refractivity contribution in [2.24, 2.45) is 0 Å². The third kappa shape index (κ3) is 3.62. The fraction of sp³-hybridized carbons (Fsp3) is 0.312. The molecule has 0 saturated carbocycles. The van der Waals surface area contributed by atoms with E-state index in [2.05, 4.69) is 15.3 Å². The number of hydrogen-bond donors (Lipinski definition) is 1. The number of aryl methyl sites for hydroxylation is 1. The van der Waals surface area contributed by atoms with Crippen LogP contribution in [0.5, 0.6) is 0 Å². The van der Waals surface area contributed by atoms with Crippen LogP contribution in [0.1, 0.15) is 47.2 Å². The number of amides is 1. The van der Waals surface area contributed by atoms with Crippen LogP contribution in [-0.2, 0) is 6.54 Å². The molecule has 2 rings (SSSR count). The second-order valence-corrected chi connectivity index (χ2v) is 5.16. The minimum atomic E-state index is -0.332. The van der Waals surface area contributed by atoms with Gasteiger partial charge in [-0.2, -0.15) is 0 Å². The number of carbonyl (C=O) groups is 1. The van der Waals surface area contributed by atoms with Gasteiger partial charge in [-0.1, -0.05) is 32.0 Å². The lowest BCUT2D eigenvalue weighted by Crippen LogP contribution is -2.25. The molecular formula is C16H18FN3O.